The molecule has 0 fully saturated rings. The molecule has 0 radical (unpaired) electrons. The van der Waals surface area contributed by atoms with Gasteiger partial charge in [0.05, 0.1) is 17.9 Å². The number of amides is 1. The minimum absolute atomic E-state index is 0.0543. The van der Waals surface area contributed by atoms with Crippen molar-refractivity contribution in [3.05, 3.63) is 52.0 Å². The average molecular weight is 289 g/mol. The number of carbonyl (C=O) groups is 1. The first kappa shape index (κ1) is 14.6. The molecule has 1 aromatic heterocycles. The lowest BCUT2D eigenvalue weighted by atomic mass is 10.1. The fourth-order valence-electron chi connectivity index (χ4n) is 1.59. The number of aliphatic hydroxyl groups is 1. The van der Waals surface area contributed by atoms with Gasteiger partial charge >= 0.3 is 5.69 Å². The molecule has 0 aliphatic carbocycles. The predicted octanol–water partition coefficient (Wildman–Crippen LogP) is 0.828. The summed E-state index contributed by atoms with van der Waals surface area (Å²) in [6.45, 7) is -0.103. The number of carbonyl (C=O) groups excluding carboxylic acids is 1. The second-order valence-corrected chi connectivity index (χ2v) is 4.08. The monoisotopic (exact) mass is 289 g/mol. The third kappa shape index (κ3) is 3.81. The molecule has 0 atom stereocenters. The number of hydrogen-bond acceptors (Lipinski definition) is 3. The van der Waals surface area contributed by atoms with Crippen LogP contribution in [0.3, 0.4) is 0 Å². The Balaban J connectivity index is 2.25. The number of hydrogen-bond donors (Lipinski definition) is 4. The van der Waals surface area contributed by atoms with Crippen molar-refractivity contribution in [2.75, 3.05) is 11.9 Å². The van der Waals surface area contributed by atoms with Gasteiger partial charge < -0.3 is 20.4 Å². The van der Waals surface area contributed by atoms with Crippen molar-refractivity contribution in [1.82, 2.24) is 9.97 Å². The molecular weight excluding hydrogens is 277 g/mol. The van der Waals surface area contributed by atoms with Gasteiger partial charge in [0.1, 0.15) is 11.5 Å². The van der Waals surface area contributed by atoms with E-state index in [9.17, 15) is 14.0 Å². The number of aromatic nitrogens is 2. The average Bonchev–Trinajstić information content (AvgIpc) is 2.88. The molecule has 2 rings (SSSR count). The number of aliphatic hydroxyl groups excluding tert-OH is 1. The molecule has 1 aromatic carbocycles. The summed E-state index contributed by atoms with van der Waals surface area (Å²) < 4.78 is 13.2. The van der Waals surface area contributed by atoms with Crippen molar-refractivity contribution in [3.63, 3.8) is 0 Å². The predicted molar refractivity (Wildman–Crippen MR) is 74.3 cm³/mol. The van der Waals surface area contributed by atoms with Crippen LogP contribution < -0.4 is 11.0 Å². The first-order valence-corrected chi connectivity index (χ1v) is 6.08. The number of benzene rings is 1. The zero-order valence-corrected chi connectivity index (χ0v) is 10.9. The van der Waals surface area contributed by atoms with Crippen LogP contribution in [0.5, 0.6) is 0 Å². The molecule has 1 heterocycles. The second kappa shape index (κ2) is 6.54. The Labute approximate surface area is 119 Å². The highest BCUT2D eigenvalue weighted by atomic mass is 19.1. The van der Waals surface area contributed by atoms with Gasteiger partial charge in [-0.3, -0.25) is 4.79 Å². The number of anilines is 1. The standard InChI is InChI=1S/C14H12FN3O3/c15-10-4-5-11(9(7-10)3-1-2-6-19)17-13(20)12-8-16-14(21)18-12/h4-5,7-8,19H,2,6H2,(H,17,20)(H2,16,18,21). The fraction of sp³-hybridized carbons (Fsp3) is 0.143. The van der Waals surface area contributed by atoms with E-state index in [0.29, 0.717) is 5.69 Å². The zero-order valence-electron chi connectivity index (χ0n) is 10.9. The Hall–Kier alpha value is -2.85. The van der Waals surface area contributed by atoms with Gasteiger partial charge in [-0.05, 0) is 18.2 Å². The normalized spacial score (nSPS) is 9.81. The molecule has 0 spiro atoms. The molecule has 108 valence electrons. The highest BCUT2D eigenvalue weighted by Crippen LogP contribution is 2.16. The zero-order chi connectivity index (χ0) is 15.2. The van der Waals surface area contributed by atoms with E-state index >= 15 is 0 Å². The van der Waals surface area contributed by atoms with Gasteiger partial charge in [-0.1, -0.05) is 11.8 Å². The maximum Gasteiger partial charge on any atom is 0.323 e. The van der Waals surface area contributed by atoms with E-state index in [1.54, 1.807) is 0 Å². The molecule has 6 nitrogen and oxygen atoms in total. The first-order valence-electron chi connectivity index (χ1n) is 6.08. The number of halogens is 1. The van der Waals surface area contributed by atoms with Crippen molar-refractivity contribution in [2.45, 2.75) is 6.42 Å². The van der Waals surface area contributed by atoms with Gasteiger partial charge in [0.15, 0.2) is 0 Å². The summed E-state index contributed by atoms with van der Waals surface area (Å²) in [5, 5.41) is 11.2. The smallest absolute Gasteiger partial charge is 0.323 e. The highest BCUT2D eigenvalue weighted by Gasteiger charge is 2.10. The van der Waals surface area contributed by atoms with Gasteiger partial charge in [0, 0.05) is 12.6 Å². The maximum atomic E-state index is 13.2. The van der Waals surface area contributed by atoms with Crippen molar-refractivity contribution < 1.29 is 14.3 Å². The van der Waals surface area contributed by atoms with E-state index in [4.69, 9.17) is 5.11 Å². The highest BCUT2D eigenvalue weighted by molar-refractivity contribution is 6.03. The Bertz CT molecular complexity index is 768. The van der Waals surface area contributed by atoms with Gasteiger partial charge in [0.25, 0.3) is 5.91 Å². The SMILES string of the molecule is O=C(Nc1ccc(F)cc1C#CCCO)c1c[nH]c(=O)[nH]1. The largest absolute Gasteiger partial charge is 0.395 e. The minimum atomic E-state index is -0.551. The lowest BCUT2D eigenvalue weighted by molar-refractivity contribution is 0.102. The Morgan fingerprint density at radius 3 is 2.90 bits per heavy atom. The number of rotatable bonds is 3. The van der Waals surface area contributed by atoms with Gasteiger partial charge in [-0.25, -0.2) is 9.18 Å². The van der Waals surface area contributed by atoms with Gasteiger partial charge in [-0.15, -0.1) is 0 Å². The Morgan fingerprint density at radius 1 is 1.43 bits per heavy atom. The Morgan fingerprint density at radius 2 is 2.24 bits per heavy atom. The van der Waals surface area contributed by atoms with E-state index in [-0.39, 0.29) is 24.3 Å². The molecule has 0 unspecified atom stereocenters. The topological polar surface area (TPSA) is 98.0 Å². The Kier molecular flexibility index (Phi) is 4.53. The van der Waals surface area contributed by atoms with Crippen molar-refractivity contribution in [1.29, 1.82) is 0 Å². The number of aromatic amines is 2. The summed E-state index contributed by atoms with van der Waals surface area (Å²) in [6.07, 6.45) is 1.48. The van der Waals surface area contributed by atoms with E-state index in [2.05, 4.69) is 27.1 Å². The van der Waals surface area contributed by atoms with Crippen LogP contribution in [0.2, 0.25) is 0 Å². The second-order valence-electron chi connectivity index (χ2n) is 4.08. The van der Waals surface area contributed by atoms with Crippen LogP contribution in [0.25, 0.3) is 0 Å². The lowest BCUT2D eigenvalue weighted by Gasteiger charge is -2.06. The third-order valence-electron chi connectivity index (χ3n) is 2.53. The number of imidazole rings is 1. The van der Waals surface area contributed by atoms with Crippen LogP contribution in [0.15, 0.2) is 29.2 Å². The van der Waals surface area contributed by atoms with Crippen LogP contribution in [0, 0.1) is 17.7 Å². The molecular formula is C14H12FN3O3. The summed E-state index contributed by atoms with van der Waals surface area (Å²) in [7, 11) is 0. The maximum absolute atomic E-state index is 13.2. The fourth-order valence-corrected chi connectivity index (χ4v) is 1.59. The first-order chi connectivity index (χ1) is 10.1. The summed E-state index contributed by atoms with van der Waals surface area (Å²) >= 11 is 0. The van der Waals surface area contributed by atoms with Crippen LogP contribution in [0.4, 0.5) is 10.1 Å². The summed E-state index contributed by atoms with van der Waals surface area (Å²) in [5.74, 6) is 4.29. The molecule has 0 aliphatic rings. The van der Waals surface area contributed by atoms with Crippen LogP contribution >= 0.6 is 0 Å². The van der Waals surface area contributed by atoms with Gasteiger partial charge in [-0.2, -0.15) is 0 Å². The minimum Gasteiger partial charge on any atom is -0.395 e. The molecule has 7 heteroatoms. The summed E-state index contributed by atoms with van der Waals surface area (Å²) in [5.41, 5.74) is 0.157. The van der Waals surface area contributed by atoms with E-state index in [1.165, 1.54) is 24.4 Å². The van der Waals surface area contributed by atoms with Crippen LogP contribution in [0.1, 0.15) is 22.5 Å². The molecule has 2 aromatic rings. The third-order valence-corrected chi connectivity index (χ3v) is 2.53. The van der Waals surface area contributed by atoms with Crippen molar-refractivity contribution >= 4 is 11.6 Å². The molecule has 0 saturated heterocycles. The van der Waals surface area contributed by atoms with E-state index in [0.717, 1.165) is 0 Å². The van der Waals surface area contributed by atoms with E-state index in [1.807, 2.05) is 0 Å². The van der Waals surface area contributed by atoms with Gasteiger partial charge in [0.2, 0.25) is 0 Å². The van der Waals surface area contributed by atoms with Crippen LogP contribution in [-0.2, 0) is 0 Å². The van der Waals surface area contributed by atoms with E-state index < -0.39 is 17.4 Å². The molecule has 1 amide bonds. The summed E-state index contributed by atoms with van der Waals surface area (Å²) in [4.78, 5) is 27.5. The molecule has 0 saturated carbocycles. The molecule has 0 aliphatic heterocycles. The van der Waals surface area contributed by atoms with Crippen molar-refractivity contribution in [3.8, 4) is 11.8 Å². The number of nitrogens with one attached hydrogen (secondary N) is 3. The molecule has 0 bridgehead atoms. The summed E-state index contributed by atoms with van der Waals surface area (Å²) in [6, 6.07) is 3.74. The lowest BCUT2D eigenvalue weighted by Crippen LogP contribution is -2.14. The number of H-pyrrole nitrogens is 2. The van der Waals surface area contributed by atoms with Crippen molar-refractivity contribution in [2.24, 2.45) is 0 Å². The molecule has 4 N–H and O–H groups in total. The quantitative estimate of drug-likeness (QED) is 0.630. The van der Waals surface area contributed by atoms with Crippen LogP contribution in [-0.4, -0.2) is 27.6 Å². The molecule has 21 heavy (non-hydrogen) atoms.